The summed E-state index contributed by atoms with van der Waals surface area (Å²) in [6.45, 7) is 1.96. The van der Waals surface area contributed by atoms with Crippen molar-refractivity contribution >= 4 is 11.8 Å². The van der Waals surface area contributed by atoms with Gasteiger partial charge < -0.3 is 19.7 Å². The molecule has 0 spiro atoms. The highest BCUT2D eigenvalue weighted by Gasteiger charge is 2.30. The van der Waals surface area contributed by atoms with Crippen LogP contribution in [0.4, 0.5) is 4.39 Å². The lowest BCUT2D eigenvalue weighted by atomic mass is 9.90. The Balaban J connectivity index is 0.986. The number of hydrogen-bond donors (Lipinski definition) is 1. The molecule has 1 aliphatic carbocycles. The van der Waals surface area contributed by atoms with E-state index in [0.717, 1.165) is 37.0 Å². The number of aryl methyl sites for hydroxylation is 1. The number of ether oxygens (including phenoxy) is 2. The van der Waals surface area contributed by atoms with Gasteiger partial charge in [0.1, 0.15) is 30.4 Å². The molecule has 2 amide bonds. The van der Waals surface area contributed by atoms with Crippen LogP contribution in [-0.4, -0.2) is 48.6 Å². The molecule has 0 aromatic heterocycles. The fourth-order valence-electron chi connectivity index (χ4n) is 5.21. The topological polar surface area (TPSA) is 67.9 Å². The van der Waals surface area contributed by atoms with Crippen molar-refractivity contribution < 1.29 is 23.5 Å². The first-order valence-corrected chi connectivity index (χ1v) is 14.2. The minimum absolute atomic E-state index is 0.0283. The maximum atomic E-state index is 13.0. The number of nitrogens with one attached hydrogen (secondary N) is 1. The molecule has 7 heteroatoms. The largest absolute Gasteiger partial charge is 0.490 e. The monoisotopic (exact) mass is 544 g/mol. The number of piperidine rings is 1. The molecule has 6 nitrogen and oxygen atoms in total. The van der Waals surface area contributed by atoms with Crippen molar-refractivity contribution in [2.24, 2.45) is 5.92 Å². The van der Waals surface area contributed by atoms with Gasteiger partial charge in [0, 0.05) is 31.5 Å². The van der Waals surface area contributed by atoms with Crippen molar-refractivity contribution in [3.05, 3.63) is 95.6 Å². The Morgan fingerprint density at radius 3 is 2.35 bits per heavy atom. The van der Waals surface area contributed by atoms with Crippen LogP contribution in [0, 0.1) is 5.92 Å². The summed E-state index contributed by atoms with van der Waals surface area (Å²) in [4.78, 5) is 27.2. The smallest absolute Gasteiger partial charge is 0.251 e. The van der Waals surface area contributed by atoms with Crippen LogP contribution < -0.4 is 14.8 Å². The number of nitrogens with zero attached hydrogens (tertiary/aromatic N) is 1. The van der Waals surface area contributed by atoms with Crippen LogP contribution in [0.2, 0.25) is 0 Å². The number of carbonyl (C=O) groups is 2. The molecule has 0 unspecified atom stereocenters. The van der Waals surface area contributed by atoms with Gasteiger partial charge in [-0.25, -0.2) is 4.39 Å². The van der Waals surface area contributed by atoms with Crippen LogP contribution in [0.5, 0.6) is 11.5 Å². The van der Waals surface area contributed by atoms with Crippen LogP contribution in [-0.2, 0) is 17.8 Å². The first-order chi connectivity index (χ1) is 19.5. The highest BCUT2D eigenvalue weighted by atomic mass is 19.1. The minimum Gasteiger partial charge on any atom is -0.490 e. The summed E-state index contributed by atoms with van der Waals surface area (Å²) in [7, 11) is 0. The Hall–Kier alpha value is -3.87. The van der Waals surface area contributed by atoms with E-state index in [1.807, 2.05) is 35.2 Å². The van der Waals surface area contributed by atoms with Crippen molar-refractivity contribution in [1.29, 1.82) is 0 Å². The van der Waals surface area contributed by atoms with E-state index in [-0.39, 0.29) is 24.5 Å². The highest BCUT2D eigenvalue weighted by molar-refractivity contribution is 5.96. The summed E-state index contributed by atoms with van der Waals surface area (Å²) in [5.74, 6) is 1.62. The van der Waals surface area contributed by atoms with Gasteiger partial charge in [-0.3, -0.25) is 9.59 Å². The molecule has 210 valence electrons. The van der Waals surface area contributed by atoms with Crippen LogP contribution in [0.15, 0.2) is 78.9 Å². The Bertz CT molecular complexity index is 1250. The third-order valence-corrected chi connectivity index (χ3v) is 7.82. The van der Waals surface area contributed by atoms with Gasteiger partial charge in [0.05, 0.1) is 6.54 Å². The number of rotatable bonds is 11. The predicted molar refractivity (Wildman–Crippen MR) is 152 cm³/mol. The van der Waals surface area contributed by atoms with Crippen LogP contribution in [0.1, 0.15) is 53.6 Å². The molecule has 2 fully saturated rings. The van der Waals surface area contributed by atoms with E-state index >= 15 is 0 Å². The third kappa shape index (κ3) is 7.84. The number of likely N-dealkylation sites (tertiary alicyclic amines) is 1. The van der Waals surface area contributed by atoms with Crippen molar-refractivity contribution in [3.8, 4) is 11.5 Å². The summed E-state index contributed by atoms with van der Waals surface area (Å²) in [6.07, 6.45) is 3.88. The minimum atomic E-state index is -0.795. The van der Waals surface area contributed by atoms with Gasteiger partial charge in [0.25, 0.3) is 5.91 Å². The number of carbonyl (C=O) groups excluding carboxylic acids is 2. The Kier molecular flexibility index (Phi) is 9.32. The van der Waals surface area contributed by atoms with Crippen LogP contribution >= 0.6 is 0 Å². The third-order valence-electron chi connectivity index (χ3n) is 7.82. The molecule has 0 radical (unpaired) electrons. The van der Waals surface area contributed by atoms with Gasteiger partial charge in [-0.05, 0) is 73.1 Å². The molecule has 1 aliphatic heterocycles. The van der Waals surface area contributed by atoms with Crippen molar-refractivity contribution in [3.63, 3.8) is 0 Å². The van der Waals surface area contributed by atoms with E-state index in [1.54, 1.807) is 24.3 Å². The molecule has 0 atom stereocenters. The Morgan fingerprint density at radius 1 is 0.875 bits per heavy atom. The summed E-state index contributed by atoms with van der Waals surface area (Å²) in [5, 5.41) is 2.74. The number of amides is 2. The zero-order valence-corrected chi connectivity index (χ0v) is 22.8. The Labute approximate surface area is 235 Å². The highest BCUT2D eigenvalue weighted by Crippen LogP contribution is 2.28. The molecule has 1 saturated heterocycles. The number of hydrogen-bond acceptors (Lipinski definition) is 4. The maximum absolute atomic E-state index is 13.0. The number of alkyl halides is 1. The second-order valence-electron chi connectivity index (χ2n) is 10.8. The molecule has 5 rings (SSSR count). The first kappa shape index (κ1) is 27.7. The molecule has 2 aliphatic rings. The van der Waals surface area contributed by atoms with E-state index in [9.17, 15) is 14.0 Å². The average Bonchev–Trinajstić information content (AvgIpc) is 2.98. The normalized spacial score (nSPS) is 19.0. The first-order valence-electron chi connectivity index (χ1n) is 14.2. The lowest BCUT2D eigenvalue weighted by Crippen LogP contribution is -2.44. The zero-order chi connectivity index (χ0) is 27.7. The second kappa shape index (κ2) is 13.5. The van der Waals surface area contributed by atoms with Crippen molar-refractivity contribution in [2.75, 3.05) is 19.6 Å². The Morgan fingerprint density at radius 2 is 1.62 bits per heavy atom. The van der Waals surface area contributed by atoms with Crippen LogP contribution in [0.3, 0.4) is 0 Å². The van der Waals surface area contributed by atoms with Gasteiger partial charge in [-0.1, -0.05) is 48.5 Å². The fraction of sp³-hybridized carbons (Fsp3) is 0.394. The molecule has 3 aromatic carbocycles. The van der Waals surface area contributed by atoms with Gasteiger partial charge in [0.2, 0.25) is 5.91 Å². The number of benzene rings is 3. The lowest BCUT2D eigenvalue weighted by Gasteiger charge is -2.32. The molecule has 1 saturated carbocycles. The zero-order valence-electron chi connectivity index (χ0n) is 22.8. The standard InChI is InChI=1S/C33H37FN2O4/c34-28-20-31(21-28)40-30-8-4-7-27(19-30)33(38)35-22-32(37)36-17-15-25(16-18-36)10-9-24-11-13-29(14-12-24)39-23-26-5-2-1-3-6-26/h1-8,11-14,19,25,28,31H,9-10,15-18,20-23H2,(H,35,38). The molecule has 3 aromatic rings. The van der Waals surface area contributed by atoms with Crippen LogP contribution in [0.25, 0.3) is 0 Å². The van der Waals surface area contributed by atoms with E-state index in [2.05, 4.69) is 29.6 Å². The van der Waals surface area contributed by atoms with Gasteiger partial charge in [-0.15, -0.1) is 0 Å². The van der Waals surface area contributed by atoms with Crippen molar-refractivity contribution in [1.82, 2.24) is 10.2 Å². The van der Waals surface area contributed by atoms with E-state index in [0.29, 0.717) is 49.8 Å². The van der Waals surface area contributed by atoms with Crippen molar-refractivity contribution in [2.45, 2.75) is 57.4 Å². The quantitative estimate of drug-likeness (QED) is 0.334. The van der Waals surface area contributed by atoms with Gasteiger partial charge in [0.15, 0.2) is 0 Å². The summed E-state index contributed by atoms with van der Waals surface area (Å²) >= 11 is 0. The SMILES string of the molecule is O=C(NCC(=O)N1CCC(CCc2ccc(OCc3ccccc3)cc2)CC1)c1cccc(OC2CC(F)C2)c1. The molecular weight excluding hydrogens is 507 g/mol. The molecular formula is C33H37FN2O4. The molecule has 0 bridgehead atoms. The second-order valence-corrected chi connectivity index (χ2v) is 10.8. The summed E-state index contributed by atoms with van der Waals surface area (Å²) in [5.41, 5.74) is 2.87. The summed E-state index contributed by atoms with van der Waals surface area (Å²) in [6, 6.07) is 25.3. The molecule has 1 heterocycles. The predicted octanol–water partition coefficient (Wildman–Crippen LogP) is 5.75. The van der Waals surface area contributed by atoms with E-state index in [1.165, 1.54) is 5.56 Å². The average molecular weight is 545 g/mol. The van der Waals surface area contributed by atoms with E-state index in [4.69, 9.17) is 9.47 Å². The molecule has 40 heavy (non-hydrogen) atoms. The molecule has 1 N–H and O–H groups in total. The number of halogens is 1. The van der Waals surface area contributed by atoms with Gasteiger partial charge in [-0.2, -0.15) is 0 Å². The lowest BCUT2D eigenvalue weighted by molar-refractivity contribution is -0.131. The summed E-state index contributed by atoms with van der Waals surface area (Å²) < 4.78 is 24.6. The maximum Gasteiger partial charge on any atom is 0.251 e. The van der Waals surface area contributed by atoms with E-state index < -0.39 is 6.17 Å². The van der Waals surface area contributed by atoms with Gasteiger partial charge >= 0.3 is 0 Å². The fourth-order valence-corrected chi connectivity index (χ4v) is 5.21.